The molecule has 0 saturated carbocycles. The van der Waals surface area contributed by atoms with Gasteiger partial charge in [0.2, 0.25) is 5.44 Å². The third kappa shape index (κ3) is 3.62. The van der Waals surface area contributed by atoms with Gasteiger partial charge >= 0.3 is 12.4 Å². The van der Waals surface area contributed by atoms with Gasteiger partial charge in [-0.15, -0.1) is 15.2 Å². The summed E-state index contributed by atoms with van der Waals surface area (Å²) in [6.07, 6.45) is 0.710. The van der Waals surface area contributed by atoms with E-state index in [9.17, 15) is 18.4 Å². The lowest BCUT2D eigenvalue weighted by Gasteiger charge is -2.20. The predicted octanol–water partition coefficient (Wildman–Crippen LogP) is 2.51. The van der Waals surface area contributed by atoms with E-state index in [0.717, 1.165) is 11.8 Å². The van der Waals surface area contributed by atoms with Crippen molar-refractivity contribution in [3.8, 4) is 23.8 Å². The number of anilines is 1. The van der Waals surface area contributed by atoms with E-state index in [0.29, 0.717) is 5.69 Å². The molecule has 0 spiro atoms. The van der Waals surface area contributed by atoms with Crippen molar-refractivity contribution in [3.63, 3.8) is 0 Å². The van der Waals surface area contributed by atoms with Crippen molar-refractivity contribution in [1.82, 2.24) is 5.32 Å². The third-order valence-electron chi connectivity index (χ3n) is 3.51. The highest BCUT2D eigenvalue weighted by molar-refractivity contribution is 8.01. The Morgan fingerprint density at radius 3 is 2.85 bits per heavy atom. The van der Waals surface area contributed by atoms with Gasteiger partial charge in [0.25, 0.3) is 5.91 Å². The Morgan fingerprint density at radius 2 is 2.15 bits per heavy atom. The Morgan fingerprint density at radius 1 is 1.46 bits per heavy atom. The van der Waals surface area contributed by atoms with Crippen LogP contribution in [0.4, 0.5) is 19.3 Å². The summed E-state index contributed by atoms with van der Waals surface area (Å²) in [6.45, 7) is 3.21. The molecule has 0 aromatic heterocycles. The first-order chi connectivity index (χ1) is 12.1. The number of amides is 2. The molecular weight excluding hydrogens is 370 g/mol. The molecule has 1 aromatic rings. The Bertz CT molecular complexity index is 808. The molecule has 1 unspecified atom stereocenters. The van der Waals surface area contributed by atoms with Crippen LogP contribution in [0.2, 0.25) is 0 Å². The minimum absolute atomic E-state index is 0.123. The van der Waals surface area contributed by atoms with E-state index in [-0.39, 0.29) is 17.4 Å². The number of nitrogens with one attached hydrogen (secondary N) is 1. The number of fused-ring (bicyclic) bond motifs is 1. The molecule has 1 aromatic carbocycles. The zero-order valence-electron chi connectivity index (χ0n) is 13.7. The van der Waals surface area contributed by atoms with Gasteiger partial charge in [-0.2, -0.15) is 0 Å². The van der Waals surface area contributed by atoms with Crippen molar-refractivity contribution < 1.29 is 32.6 Å². The highest BCUT2D eigenvalue weighted by atomic mass is 32.2. The molecule has 10 heteroatoms. The summed E-state index contributed by atoms with van der Waals surface area (Å²) in [5, 5.41) is 2.45. The number of hydrogen-bond donors (Lipinski definition) is 1. The Balaban J connectivity index is 1.67. The lowest BCUT2D eigenvalue weighted by molar-refractivity contribution is -0.286. The number of halogens is 2. The lowest BCUT2D eigenvalue weighted by Crippen LogP contribution is -2.44. The molecule has 2 heterocycles. The fourth-order valence-corrected chi connectivity index (χ4v) is 3.20. The van der Waals surface area contributed by atoms with Gasteiger partial charge in [-0.1, -0.05) is 17.7 Å². The zero-order chi connectivity index (χ0) is 19.1. The number of alkyl carbamates (subject to hydrolysis) is 1. The average molecular weight is 384 g/mol. The first-order valence-electron chi connectivity index (χ1n) is 7.40. The van der Waals surface area contributed by atoms with Crippen LogP contribution in [-0.4, -0.2) is 35.1 Å². The van der Waals surface area contributed by atoms with E-state index in [4.69, 9.17) is 11.2 Å². The molecule has 1 N–H and O–H groups in total. The van der Waals surface area contributed by atoms with E-state index in [2.05, 4.69) is 20.7 Å². The number of rotatable bonds is 3. The van der Waals surface area contributed by atoms with Gasteiger partial charge in [-0.3, -0.25) is 9.69 Å². The van der Waals surface area contributed by atoms with Gasteiger partial charge in [0, 0.05) is 11.8 Å². The summed E-state index contributed by atoms with van der Waals surface area (Å²) in [4.78, 5) is 25.6. The number of hydrogen-bond acceptors (Lipinski definition) is 6. The Kier molecular flexibility index (Phi) is 4.36. The van der Waals surface area contributed by atoms with Crippen LogP contribution < -0.4 is 19.7 Å². The molecule has 2 amide bonds. The van der Waals surface area contributed by atoms with Crippen LogP contribution in [0.1, 0.15) is 13.8 Å². The molecule has 2 aliphatic rings. The highest BCUT2D eigenvalue weighted by Crippen LogP contribution is 2.43. The van der Waals surface area contributed by atoms with Gasteiger partial charge in [-0.25, -0.2) is 4.79 Å². The van der Waals surface area contributed by atoms with Gasteiger partial charge in [0.05, 0.1) is 11.4 Å². The molecule has 1 atom stereocenters. The van der Waals surface area contributed by atoms with Gasteiger partial charge < -0.3 is 19.5 Å². The average Bonchev–Trinajstić information content (AvgIpc) is 3.04. The maximum Gasteiger partial charge on any atom is 0.586 e. The maximum atomic E-state index is 13.1. The molecule has 7 nitrogen and oxygen atoms in total. The molecule has 138 valence electrons. The zero-order valence-corrected chi connectivity index (χ0v) is 14.6. The number of terminal acetylenes is 1. The molecule has 1 saturated heterocycles. The summed E-state index contributed by atoms with van der Waals surface area (Å²) in [5.74, 6) is 1.74. The van der Waals surface area contributed by atoms with E-state index in [1.54, 1.807) is 13.8 Å². The summed E-state index contributed by atoms with van der Waals surface area (Å²) >= 11 is 1.07. The quantitative estimate of drug-likeness (QED) is 0.807. The standard InChI is InChI=1S/C16H14F2N2O5S/c1-4-15(2,3)19-14(22)23-13-12(21)20(8-26-13)9-5-6-10-11(7-9)25-16(17,18)24-10/h1,5-7,13H,8H2,2-3H3,(H,19,22). The summed E-state index contributed by atoms with van der Waals surface area (Å²) < 4.78 is 39.9. The van der Waals surface area contributed by atoms with E-state index in [1.807, 2.05) is 0 Å². The van der Waals surface area contributed by atoms with E-state index >= 15 is 0 Å². The topological polar surface area (TPSA) is 77.1 Å². The molecule has 26 heavy (non-hydrogen) atoms. The fraction of sp³-hybridized carbons (Fsp3) is 0.375. The van der Waals surface area contributed by atoms with Gasteiger partial charge in [-0.05, 0) is 26.0 Å². The smallest absolute Gasteiger partial charge is 0.425 e. The first kappa shape index (κ1) is 18.1. The Hall–Kier alpha value is -2.67. The van der Waals surface area contributed by atoms with Crippen LogP contribution in [0.3, 0.4) is 0 Å². The van der Waals surface area contributed by atoms with Crippen molar-refractivity contribution in [2.24, 2.45) is 0 Å². The highest BCUT2D eigenvalue weighted by Gasteiger charge is 2.44. The predicted molar refractivity (Wildman–Crippen MR) is 88.9 cm³/mol. The van der Waals surface area contributed by atoms with E-state index in [1.165, 1.54) is 23.1 Å². The van der Waals surface area contributed by atoms with E-state index < -0.39 is 29.3 Å². The second-order valence-electron chi connectivity index (χ2n) is 5.99. The largest absolute Gasteiger partial charge is 0.586 e. The summed E-state index contributed by atoms with van der Waals surface area (Å²) in [5.41, 5.74) is -1.68. The maximum absolute atomic E-state index is 13.1. The molecule has 2 aliphatic heterocycles. The van der Waals surface area contributed by atoms with Crippen molar-refractivity contribution in [3.05, 3.63) is 18.2 Å². The van der Waals surface area contributed by atoms with Crippen LogP contribution in [0.15, 0.2) is 18.2 Å². The normalized spacial score (nSPS) is 20.7. The first-order valence-corrected chi connectivity index (χ1v) is 8.44. The molecule has 0 aliphatic carbocycles. The van der Waals surface area contributed by atoms with Crippen molar-refractivity contribution in [2.75, 3.05) is 10.8 Å². The Labute approximate surface area is 151 Å². The molecule has 1 fully saturated rings. The van der Waals surface area contributed by atoms with Crippen LogP contribution in [0.25, 0.3) is 0 Å². The molecule has 3 rings (SSSR count). The molecule has 0 bridgehead atoms. The van der Waals surface area contributed by atoms with Crippen molar-refractivity contribution >= 4 is 29.4 Å². The van der Waals surface area contributed by atoms with Crippen molar-refractivity contribution in [1.29, 1.82) is 0 Å². The number of carbonyl (C=O) groups is 2. The number of ether oxygens (including phenoxy) is 3. The monoisotopic (exact) mass is 384 g/mol. The summed E-state index contributed by atoms with van der Waals surface area (Å²) in [6, 6.07) is 3.98. The van der Waals surface area contributed by atoms with Gasteiger partial charge in [0.15, 0.2) is 11.5 Å². The fourth-order valence-electron chi connectivity index (χ4n) is 2.21. The number of alkyl halides is 2. The number of thioether (sulfide) groups is 1. The summed E-state index contributed by atoms with van der Waals surface area (Å²) in [7, 11) is 0. The minimum atomic E-state index is -3.74. The van der Waals surface area contributed by atoms with Crippen LogP contribution >= 0.6 is 11.8 Å². The third-order valence-corrected chi connectivity index (χ3v) is 4.52. The second kappa shape index (κ2) is 6.25. The SMILES string of the molecule is C#CC(C)(C)NC(=O)OC1SCN(c2ccc3c(c2)OC(F)(F)O3)C1=O. The van der Waals surface area contributed by atoms with Crippen LogP contribution in [0, 0.1) is 12.3 Å². The van der Waals surface area contributed by atoms with Gasteiger partial charge in [0.1, 0.15) is 0 Å². The number of benzene rings is 1. The number of nitrogens with zero attached hydrogens (tertiary/aromatic N) is 1. The lowest BCUT2D eigenvalue weighted by atomic mass is 10.1. The molecular formula is C16H14F2N2O5S. The molecule has 0 radical (unpaired) electrons. The number of carbonyl (C=O) groups excluding carboxylic acids is 2. The second-order valence-corrected chi connectivity index (χ2v) is 7.01. The van der Waals surface area contributed by atoms with Crippen molar-refractivity contribution in [2.45, 2.75) is 31.1 Å². The minimum Gasteiger partial charge on any atom is -0.425 e. The van der Waals surface area contributed by atoms with Crippen LogP contribution in [0.5, 0.6) is 11.5 Å². The van der Waals surface area contributed by atoms with Crippen LogP contribution in [-0.2, 0) is 9.53 Å².